The second-order valence-corrected chi connectivity index (χ2v) is 10.6. The molecule has 3 heterocycles. The zero-order valence-electron chi connectivity index (χ0n) is 19.2. The molecule has 0 saturated carbocycles. The van der Waals surface area contributed by atoms with Gasteiger partial charge in [0.05, 0.1) is 44.7 Å². The summed E-state index contributed by atoms with van der Waals surface area (Å²) in [5.41, 5.74) is 1.85. The fourth-order valence-corrected chi connectivity index (χ4v) is 5.69. The molecule has 0 bridgehead atoms. The Morgan fingerprint density at radius 1 is 1.26 bits per heavy atom. The standard InChI is InChI=1S/C24H24ClN5O2S2/c1-15-17(21(28(3)22(31)18(15)13-26)29-10-8-27(2)9-11-29)12-20-23(32)30(24(33)34-20)14-16-6-4-5-7-19(16)25/h4-7,12H,8-11,14H2,1-3H3/p+1/b20-12-. The lowest BCUT2D eigenvalue weighted by atomic mass is 10.0. The van der Waals surface area contributed by atoms with Crippen LogP contribution in [-0.4, -0.2) is 52.9 Å². The smallest absolute Gasteiger partial charge is 0.270 e. The Balaban J connectivity index is 1.77. The highest BCUT2D eigenvalue weighted by atomic mass is 35.5. The van der Waals surface area contributed by atoms with E-state index in [1.54, 1.807) is 26.1 Å². The van der Waals surface area contributed by atoms with Crippen LogP contribution in [0.25, 0.3) is 6.08 Å². The molecule has 2 fully saturated rings. The summed E-state index contributed by atoms with van der Waals surface area (Å²) in [6.07, 6.45) is 1.78. The van der Waals surface area contributed by atoms with E-state index in [2.05, 4.69) is 11.9 Å². The van der Waals surface area contributed by atoms with Gasteiger partial charge in [0.1, 0.15) is 21.8 Å². The van der Waals surface area contributed by atoms with Gasteiger partial charge >= 0.3 is 0 Å². The van der Waals surface area contributed by atoms with Crippen molar-refractivity contribution in [3.8, 4) is 6.07 Å². The van der Waals surface area contributed by atoms with Gasteiger partial charge in [-0.3, -0.25) is 19.1 Å². The summed E-state index contributed by atoms with van der Waals surface area (Å²) in [5, 5.41) is 10.2. The highest BCUT2D eigenvalue weighted by Crippen LogP contribution is 2.37. The summed E-state index contributed by atoms with van der Waals surface area (Å²) in [7, 11) is 3.83. The minimum absolute atomic E-state index is 0.0869. The Morgan fingerprint density at radius 2 is 1.94 bits per heavy atom. The molecule has 4 rings (SSSR count). The molecule has 1 amide bonds. The van der Waals surface area contributed by atoms with Crippen LogP contribution in [0, 0.1) is 18.3 Å². The van der Waals surface area contributed by atoms with Crippen LogP contribution < -0.4 is 15.4 Å². The van der Waals surface area contributed by atoms with Crippen LogP contribution in [0.1, 0.15) is 22.3 Å². The maximum Gasteiger partial charge on any atom is 0.270 e. The molecular weight excluding hydrogens is 490 g/mol. The number of nitrogens with one attached hydrogen (secondary N) is 1. The number of anilines is 1. The molecule has 2 saturated heterocycles. The lowest BCUT2D eigenvalue weighted by Gasteiger charge is -2.34. The van der Waals surface area contributed by atoms with Crippen molar-refractivity contribution in [2.45, 2.75) is 13.5 Å². The van der Waals surface area contributed by atoms with Crippen LogP contribution in [0.2, 0.25) is 5.02 Å². The number of hydrogen-bond donors (Lipinski definition) is 1. The Morgan fingerprint density at radius 3 is 2.59 bits per heavy atom. The Kier molecular flexibility index (Phi) is 7.14. The summed E-state index contributed by atoms with van der Waals surface area (Å²) < 4.78 is 1.98. The number of hydrogen-bond acceptors (Lipinski definition) is 6. The number of quaternary nitrogens is 1. The molecule has 176 valence electrons. The fourth-order valence-electron chi connectivity index (χ4n) is 4.26. The zero-order chi connectivity index (χ0) is 24.6. The first-order valence-electron chi connectivity index (χ1n) is 10.9. The van der Waals surface area contributed by atoms with Gasteiger partial charge in [0.25, 0.3) is 11.5 Å². The summed E-state index contributed by atoms with van der Waals surface area (Å²) in [5.74, 6) is 0.515. The number of benzene rings is 1. The van der Waals surface area contributed by atoms with Gasteiger partial charge in [0.2, 0.25) is 0 Å². The summed E-state index contributed by atoms with van der Waals surface area (Å²) in [6, 6.07) is 9.41. The highest BCUT2D eigenvalue weighted by molar-refractivity contribution is 8.26. The van der Waals surface area contributed by atoms with E-state index in [4.69, 9.17) is 23.8 Å². The molecule has 0 aliphatic carbocycles. The number of nitrogens with zero attached hydrogens (tertiary/aromatic N) is 4. The predicted molar refractivity (Wildman–Crippen MR) is 140 cm³/mol. The largest absolute Gasteiger partial charge is 0.346 e. The number of nitriles is 1. The van der Waals surface area contributed by atoms with Crippen LogP contribution in [0.15, 0.2) is 34.0 Å². The van der Waals surface area contributed by atoms with Gasteiger partial charge in [-0.25, -0.2) is 0 Å². The highest BCUT2D eigenvalue weighted by Gasteiger charge is 2.34. The van der Waals surface area contributed by atoms with Crippen molar-refractivity contribution in [1.29, 1.82) is 5.26 Å². The Bertz CT molecular complexity index is 1310. The maximum absolute atomic E-state index is 13.3. The first kappa shape index (κ1) is 24.5. The number of piperazine rings is 1. The van der Waals surface area contributed by atoms with Crippen LogP contribution in [0.3, 0.4) is 0 Å². The second-order valence-electron chi connectivity index (χ2n) is 8.52. The van der Waals surface area contributed by atoms with Crippen molar-refractivity contribution >= 4 is 57.7 Å². The zero-order valence-corrected chi connectivity index (χ0v) is 21.6. The molecule has 1 aromatic carbocycles. The van der Waals surface area contributed by atoms with E-state index < -0.39 is 0 Å². The van der Waals surface area contributed by atoms with Gasteiger partial charge in [0, 0.05) is 17.6 Å². The third kappa shape index (κ3) is 4.51. The van der Waals surface area contributed by atoms with Gasteiger partial charge in [-0.2, -0.15) is 5.26 Å². The topological polar surface area (TPSA) is 73.8 Å². The molecular formula is C24H25ClN5O2S2+. The lowest BCUT2D eigenvalue weighted by Crippen LogP contribution is -3.12. The van der Waals surface area contributed by atoms with E-state index in [0.29, 0.717) is 25.4 Å². The van der Waals surface area contributed by atoms with Crippen LogP contribution in [-0.2, 0) is 18.4 Å². The van der Waals surface area contributed by atoms with Crippen molar-refractivity contribution in [1.82, 2.24) is 9.47 Å². The number of carbonyl (C=O) groups is 1. The van der Waals surface area contributed by atoms with Crippen molar-refractivity contribution < 1.29 is 9.69 Å². The van der Waals surface area contributed by atoms with Crippen molar-refractivity contribution in [2.24, 2.45) is 7.05 Å². The van der Waals surface area contributed by atoms with Gasteiger partial charge in [-0.1, -0.05) is 53.8 Å². The third-order valence-electron chi connectivity index (χ3n) is 6.32. The van der Waals surface area contributed by atoms with Crippen molar-refractivity contribution in [3.05, 3.63) is 66.8 Å². The molecule has 7 nitrogen and oxygen atoms in total. The summed E-state index contributed by atoms with van der Waals surface area (Å²) in [4.78, 5) is 31.8. The number of thiocarbonyl (C=S) groups is 1. The Labute approximate surface area is 213 Å². The minimum Gasteiger partial charge on any atom is -0.346 e. The predicted octanol–water partition coefficient (Wildman–Crippen LogP) is 1.95. The third-order valence-corrected chi connectivity index (χ3v) is 8.07. The first-order chi connectivity index (χ1) is 16.2. The summed E-state index contributed by atoms with van der Waals surface area (Å²) >= 11 is 13.0. The number of carbonyl (C=O) groups excluding carboxylic acids is 1. The van der Waals surface area contributed by atoms with Gasteiger partial charge in [0.15, 0.2) is 0 Å². The summed E-state index contributed by atoms with van der Waals surface area (Å²) in [6.45, 7) is 5.48. The number of aromatic nitrogens is 1. The fraction of sp³-hybridized carbons (Fsp3) is 0.333. The van der Waals surface area contributed by atoms with Crippen molar-refractivity contribution in [2.75, 3.05) is 38.1 Å². The van der Waals surface area contributed by atoms with E-state index in [1.807, 2.05) is 24.3 Å². The van der Waals surface area contributed by atoms with E-state index in [1.165, 1.54) is 26.1 Å². The number of pyridine rings is 1. The molecule has 34 heavy (non-hydrogen) atoms. The number of amides is 1. The first-order valence-corrected chi connectivity index (χ1v) is 12.5. The molecule has 0 radical (unpaired) electrons. The quantitative estimate of drug-likeness (QED) is 0.496. The number of halogens is 1. The lowest BCUT2D eigenvalue weighted by molar-refractivity contribution is -0.880. The van der Waals surface area contributed by atoms with Crippen LogP contribution >= 0.6 is 35.6 Å². The molecule has 0 atom stereocenters. The van der Waals surface area contributed by atoms with E-state index >= 15 is 0 Å². The van der Waals surface area contributed by atoms with Gasteiger partial charge in [-0.15, -0.1) is 0 Å². The number of thioether (sulfide) groups is 1. The molecule has 2 aromatic rings. The van der Waals surface area contributed by atoms with Crippen molar-refractivity contribution in [3.63, 3.8) is 0 Å². The molecule has 2 aliphatic rings. The maximum atomic E-state index is 13.3. The number of rotatable bonds is 4. The van der Waals surface area contributed by atoms with E-state index in [9.17, 15) is 14.9 Å². The van der Waals surface area contributed by atoms with E-state index in [0.717, 1.165) is 37.6 Å². The minimum atomic E-state index is -0.329. The molecule has 2 aliphatic heterocycles. The molecule has 0 unspecified atom stereocenters. The van der Waals surface area contributed by atoms with Gasteiger partial charge < -0.3 is 9.80 Å². The normalized spacial score (nSPS) is 18.1. The monoisotopic (exact) mass is 514 g/mol. The second kappa shape index (κ2) is 9.92. The van der Waals surface area contributed by atoms with Crippen LogP contribution in [0.5, 0.6) is 0 Å². The molecule has 0 spiro atoms. The number of likely N-dealkylation sites (N-methyl/N-ethyl adjacent to an activating group) is 1. The molecule has 1 N–H and O–H groups in total. The van der Waals surface area contributed by atoms with Gasteiger partial charge in [-0.05, 0) is 30.2 Å². The molecule has 1 aromatic heterocycles. The average Bonchev–Trinajstić information content (AvgIpc) is 3.07. The van der Waals surface area contributed by atoms with E-state index in [-0.39, 0.29) is 23.6 Å². The molecule has 10 heteroatoms. The Hall–Kier alpha value is -2.64. The van der Waals surface area contributed by atoms with Crippen LogP contribution in [0.4, 0.5) is 5.82 Å². The average molecular weight is 515 g/mol. The SMILES string of the molecule is Cc1c(/C=C2\SC(=S)N(Cc3ccccc3Cl)C2=O)c(N2CC[NH+](C)CC2)n(C)c(=O)c1C#N.